The summed E-state index contributed by atoms with van der Waals surface area (Å²) < 4.78 is 5.39. The van der Waals surface area contributed by atoms with E-state index in [9.17, 15) is 4.79 Å². The van der Waals surface area contributed by atoms with Gasteiger partial charge in [0.1, 0.15) is 5.75 Å². The maximum atomic E-state index is 12.8. The lowest BCUT2D eigenvalue weighted by molar-refractivity contribution is 0.180. The topological polar surface area (TPSA) is 73.8 Å². The zero-order chi connectivity index (χ0) is 21.3. The normalized spacial score (nSPS) is 15.2. The molecule has 30 heavy (non-hydrogen) atoms. The summed E-state index contributed by atoms with van der Waals surface area (Å²) in [5, 5.41) is 3.15. The van der Waals surface area contributed by atoms with Crippen molar-refractivity contribution < 1.29 is 9.53 Å². The number of ether oxygens (including phenoxy) is 1. The van der Waals surface area contributed by atoms with Crippen molar-refractivity contribution in [2.75, 3.05) is 57.8 Å². The number of nitrogens with zero attached hydrogens (tertiary/aromatic N) is 5. The number of hydrogen-bond acceptors (Lipinski definition) is 6. The summed E-state index contributed by atoms with van der Waals surface area (Å²) >= 11 is 0. The largest absolute Gasteiger partial charge is 0.497 e. The molecule has 1 aromatic heterocycles. The number of rotatable bonds is 8. The zero-order valence-electron chi connectivity index (χ0n) is 18.1. The quantitative estimate of drug-likeness (QED) is 0.718. The average molecular weight is 413 g/mol. The highest BCUT2D eigenvalue weighted by Crippen LogP contribution is 2.24. The number of aromatic nitrogens is 2. The van der Waals surface area contributed by atoms with Crippen molar-refractivity contribution in [3.63, 3.8) is 0 Å². The molecule has 8 nitrogen and oxygen atoms in total. The first-order chi connectivity index (χ1) is 14.7. The summed E-state index contributed by atoms with van der Waals surface area (Å²) in [6, 6.07) is 9.96. The minimum atomic E-state index is -0.0244. The van der Waals surface area contributed by atoms with Gasteiger partial charge in [0.25, 0.3) is 0 Å². The van der Waals surface area contributed by atoms with Crippen LogP contribution in [0.3, 0.4) is 0 Å². The van der Waals surface area contributed by atoms with Gasteiger partial charge in [0.15, 0.2) is 0 Å². The molecule has 1 saturated heterocycles. The first-order valence-electron chi connectivity index (χ1n) is 10.6. The molecule has 0 radical (unpaired) electrons. The van der Waals surface area contributed by atoms with E-state index in [4.69, 9.17) is 4.74 Å². The molecule has 162 valence electrons. The summed E-state index contributed by atoms with van der Waals surface area (Å²) in [4.78, 5) is 27.7. The van der Waals surface area contributed by atoms with Crippen molar-refractivity contribution in [3.8, 4) is 5.75 Å². The van der Waals surface area contributed by atoms with E-state index in [0.29, 0.717) is 19.6 Å². The van der Waals surface area contributed by atoms with Crippen LogP contribution in [0.15, 0.2) is 42.7 Å². The van der Waals surface area contributed by atoms with Gasteiger partial charge in [0.05, 0.1) is 13.2 Å². The SMILES string of the molecule is CCN(CC)[C@@H](CNC(=O)N1CCN(c2ncccn2)CC1)c1cccc(OC)c1. The molecular weight excluding hydrogens is 380 g/mol. The van der Waals surface area contributed by atoms with Gasteiger partial charge in [-0.2, -0.15) is 0 Å². The van der Waals surface area contributed by atoms with Crippen LogP contribution in [0.2, 0.25) is 0 Å². The van der Waals surface area contributed by atoms with Crippen LogP contribution >= 0.6 is 0 Å². The number of amides is 2. The molecule has 1 fully saturated rings. The minimum absolute atomic E-state index is 0.0244. The summed E-state index contributed by atoms with van der Waals surface area (Å²) in [6.07, 6.45) is 3.49. The number of anilines is 1. The van der Waals surface area contributed by atoms with Crippen LogP contribution < -0.4 is 15.0 Å². The fourth-order valence-corrected chi connectivity index (χ4v) is 3.83. The Labute approximate surface area is 178 Å². The molecule has 2 aromatic rings. The van der Waals surface area contributed by atoms with Crippen molar-refractivity contribution in [2.24, 2.45) is 0 Å². The summed E-state index contributed by atoms with van der Waals surface area (Å²) in [6.45, 7) is 9.41. The van der Waals surface area contributed by atoms with Gasteiger partial charge in [-0.25, -0.2) is 14.8 Å². The Kier molecular flexibility index (Phi) is 7.84. The lowest BCUT2D eigenvalue weighted by Crippen LogP contribution is -2.53. The second kappa shape index (κ2) is 10.8. The number of carbonyl (C=O) groups excluding carboxylic acids is 1. The molecule has 2 heterocycles. The Hall–Kier alpha value is -2.87. The van der Waals surface area contributed by atoms with E-state index >= 15 is 0 Å². The third-order valence-electron chi connectivity index (χ3n) is 5.58. The number of nitrogens with one attached hydrogen (secondary N) is 1. The number of benzene rings is 1. The summed E-state index contributed by atoms with van der Waals surface area (Å²) in [5.41, 5.74) is 1.14. The van der Waals surface area contributed by atoms with Gasteiger partial charge in [-0.3, -0.25) is 4.90 Å². The smallest absolute Gasteiger partial charge is 0.317 e. The molecule has 1 aromatic carbocycles. The van der Waals surface area contributed by atoms with E-state index in [0.717, 1.165) is 43.4 Å². The molecular formula is C22H32N6O2. The first-order valence-corrected chi connectivity index (χ1v) is 10.6. The van der Waals surface area contributed by atoms with Gasteiger partial charge in [0.2, 0.25) is 5.95 Å². The highest BCUT2D eigenvalue weighted by molar-refractivity contribution is 5.74. The van der Waals surface area contributed by atoms with Crippen molar-refractivity contribution in [2.45, 2.75) is 19.9 Å². The maximum Gasteiger partial charge on any atom is 0.317 e. The molecule has 0 bridgehead atoms. The number of urea groups is 1. The van der Waals surface area contributed by atoms with Gasteiger partial charge >= 0.3 is 6.03 Å². The fourth-order valence-electron chi connectivity index (χ4n) is 3.83. The van der Waals surface area contributed by atoms with Crippen LogP contribution in [0.5, 0.6) is 5.75 Å². The van der Waals surface area contributed by atoms with Gasteiger partial charge in [-0.1, -0.05) is 26.0 Å². The Morgan fingerprint density at radius 3 is 2.47 bits per heavy atom. The molecule has 0 saturated carbocycles. The van der Waals surface area contributed by atoms with Gasteiger partial charge in [0, 0.05) is 45.1 Å². The fraction of sp³-hybridized carbons (Fsp3) is 0.500. The minimum Gasteiger partial charge on any atom is -0.497 e. The Morgan fingerprint density at radius 1 is 1.13 bits per heavy atom. The van der Waals surface area contributed by atoms with Crippen molar-refractivity contribution in [1.82, 2.24) is 25.1 Å². The molecule has 1 aliphatic rings. The van der Waals surface area contributed by atoms with Crippen molar-refractivity contribution in [1.29, 1.82) is 0 Å². The molecule has 1 atom stereocenters. The molecule has 0 spiro atoms. The van der Waals surface area contributed by atoms with Crippen molar-refractivity contribution in [3.05, 3.63) is 48.3 Å². The van der Waals surface area contributed by atoms with E-state index in [2.05, 4.69) is 45.0 Å². The van der Waals surface area contributed by atoms with Crippen LogP contribution in [0.25, 0.3) is 0 Å². The van der Waals surface area contributed by atoms with Gasteiger partial charge in [-0.05, 0) is 36.9 Å². The van der Waals surface area contributed by atoms with Crippen LogP contribution in [0.4, 0.5) is 10.7 Å². The molecule has 0 unspecified atom stereocenters. The monoisotopic (exact) mass is 412 g/mol. The van der Waals surface area contributed by atoms with Crippen LogP contribution in [0.1, 0.15) is 25.5 Å². The number of likely N-dealkylation sites (N-methyl/N-ethyl adjacent to an activating group) is 1. The van der Waals surface area contributed by atoms with E-state index in [1.54, 1.807) is 19.5 Å². The Morgan fingerprint density at radius 2 is 1.83 bits per heavy atom. The lowest BCUT2D eigenvalue weighted by atomic mass is 10.0. The molecule has 2 amide bonds. The predicted molar refractivity (Wildman–Crippen MR) is 118 cm³/mol. The third kappa shape index (κ3) is 5.38. The number of hydrogen-bond donors (Lipinski definition) is 1. The van der Waals surface area contributed by atoms with E-state index < -0.39 is 0 Å². The van der Waals surface area contributed by atoms with Crippen LogP contribution in [-0.2, 0) is 0 Å². The van der Waals surface area contributed by atoms with Crippen molar-refractivity contribution >= 4 is 12.0 Å². The highest BCUT2D eigenvalue weighted by atomic mass is 16.5. The summed E-state index contributed by atoms with van der Waals surface area (Å²) in [5.74, 6) is 1.55. The molecule has 0 aliphatic carbocycles. The molecule has 1 aliphatic heterocycles. The van der Waals surface area contributed by atoms with Crippen LogP contribution in [-0.4, -0.2) is 78.7 Å². The highest BCUT2D eigenvalue weighted by Gasteiger charge is 2.24. The van der Waals surface area contributed by atoms with Gasteiger partial charge < -0.3 is 19.9 Å². The second-order valence-electron chi connectivity index (χ2n) is 7.22. The van der Waals surface area contributed by atoms with E-state index in [-0.39, 0.29) is 12.1 Å². The summed E-state index contributed by atoms with van der Waals surface area (Å²) in [7, 11) is 1.67. The average Bonchev–Trinajstić information content (AvgIpc) is 2.82. The third-order valence-corrected chi connectivity index (χ3v) is 5.58. The zero-order valence-corrected chi connectivity index (χ0v) is 18.1. The maximum absolute atomic E-state index is 12.8. The Balaban J connectivity index is 1.59. The lowest BCUT2D eigenvalue weighted by Gasteiger charge is -2.35. The molecule has 8 heteroatoms. The Bertz CT molecular complexity index is 791. The predicted octanol–water partition coefficient (Wildman–Crippen LogP) is 2.40. The molecule has 3 rings (SSSR count). The second-order valence-corrected chi connectivity index (χ2v) is 7.22. The van der Waals surface area contributed by atoms with E-state index in [1.165, 1.54) is 0 Å². The number of carbonyl (C=O) groups is 1. The van der Waals surface area contributed by atoms with E-state index in [1.807, 2.05) is 29.2 Å². The van der Waals surface area contributed by atoms with Gasteiger partial charge in [-0.15, -0.1) is 0 Å². The first kappa shape index (κ1) is 21.8. The standard InChI is InChI=1S/C22H32N6O2/c1-4-26(5-2)20(18-8-6-9-19(16-18)30-3)17-25-22(29)28-14-12-27(13-15-28)21-23-10-7-11-24-21/h6-11,16,20H,4-5,12-15,17H2,1-3H3,(H,25,29)/t20-/m0/s1. The molecule has 1 N–H and O–H groups in total. The number of methoxy groups -OCH3 is 1. The van der Waals surface area contributed by atoms with Crippen LogP contribution in [0, 0.1) is 0 Å². The number of piperazine rings is 1.